The van der Waals surface area contributed by atoms with Crippen LogP contribution >= 0.6 is 19.6 Å². The zero-order valence-corrected chi connectivity index (χ0v) is 8.11. The van der Waals surface area contributed by atoms with E-state index >= 15 is 0 Å². The van der Waals surface area contributed by atoms with E-state index in [0.29, 0.717) is 6.42 Å². The van der Waals surface area contributed by atoms with Crippen molar-refractivity contribution < 1.29 is 18.9 Å². The molecule has 0 amide bonds. The Morgan fingerprint density at radius 3 is 2.55 bits per heavy atom. The molecule has 0 rings (SSSR count). The number of unbranched alkanes of at least 4 members (excludes halogenated alkanes) is 1. The van der Waals surface area contributed by atoms with Gasteiger partial charge in [-0.05, 0) is 24.9 Å². The van der Waals surface area contributed by atoms with Crippen LogP contribution in [0.4, 0.5) is 0 Å². The molecule has 11 heavy (non-hydrogen) atoms. The Bertz CT molecular complexity index is 134. The van der Waals surface area contributed by atoms with Crippen molar-refractivity contribution in [2.45, 2.75) is 12.8 Å². The normalized spacial score (nSPS) is 11.9. The lowest BCUT2D eigenvalue weighted by molar-refractivity contribution is 0.195. The monoisotopic (exact) mass is 200 g/mol. The van der Waals surface area contributed by atoms with E-state index in [0.717, 1.165) is 12.2 Å². The molecule has 0 saturated heterocycles. The van der Waals surface area contributed by atoms with Gasteiger partial charge in [0, 0.05) is 0 Å². The largest absolute Gasteiger partial charge is 0.469 e. The molecular weight excluding hydrogens is 187 g/mol. The summed E-state index contributed by atoms with van der Waals surface area (Å²) in [7, 11) is -4.22. The topological polar surface area (TPSA) is 66.8 Å². The minimum atomic E-state index is -4.22. The third kappa shape index (κ3) is 10.5. The van der Waals surface area contributed by atoms with Crippen molar-refractivity contribution in [3.05, 3.63) is 0 Å². The van der Waals surface area contributed by atoms with Crippen LogP contribution in [0.1, 0.15) is 12.8 Å². The minimum absolute atomic E-state index is 0.144. The molecule has 2 N–H and O–H groups in total. The lowest BCUT2D eigenvalue weighted by Crippen LogP contribution is -1.92. The number of thioether (sulfide) groups is 1. The third-order valence-electron chi connectivity index (χ3n) is 1.00. The fourth-order valence-electron chi connectivity index (χ4n) is 0.532. The molecule has 0 aliphatic carbocycles. The van der Waals surface area contributed by atoms with Crippen molar-refractivity contribution in [2.24, 2.45) is 0 Å². The molecule has 0 aromatic rings. The number of hydrogen-bond donors (Lipinski definition) is 2. The molecule has 0 atom stereocenters. The maximum atomic E-state index is 10.1. The molecule has 0 saturated carbocycles. The Balaban J connectivity index is 3.09. The van der Waals surface area contributed by atoms with Crippen LogP contribution in [-0.4, -0.2) is 28.4 Å². The molecule has 0 radical (unpaired) electrons. The quantitative estimate of drug-likeness (QED) is 0.498. The predicted octanol–water partition coefficient (Wildman–Crippen LogP) is 1.24. The van der Waals surface area contributed by atoms with Crippen LogP contribution in [0.25, 0.3) is 0 Å². The second-order valence-electron chi connectivity index (χ2n) is 2.02. The third-order valence-corrected chi connectivity index (χ3v) is 2.22. The number of phosphoric acid groups is 1. The van der Waals surface area contributed by atoms with Crippen molar-refractivity contribution in [3.8, 4) is 0 Å². The number of phosphoric ester groups is 1. The Morgan fingerprint density at radius 1 is 1.45 bits per heavy atom. The van der Waals surface area contributed by atoms with Crippen LogP contribution in [0.15, 0.2) is 0 Å². The lowest BCUT2D eigenvalue weighted by Gasteiger charge is -2.03. The average Bonchev–Trinajstić information content (AvgIpc) is 1.85. The zero-order valence-electron chi connectivity index (χ0n) is 6.39. The van der Waals surface area contributed by atoms with E-state index in [2.05, 4.69) is 4.52 Å². The second-order valence-corrected chi connectivity index (χ2v) is 4.25. The number of rotatable bonds is 6. The van der Waals surface area contributed by atoms with E-state index < -0.39 is 7.82 Å². The van der Waals surface area contributed by atoms with Crippen LogP contribution in [0.5, 0.6) is 0 Å². The SMILES string of the molecule is CSCCCCOP(=O)(O)O. The molecule has 0 unspecified atom stereocenters. The summed E-state index contributed by atoms with van der Waals surface area (Å²) in [6, 6.07) is 0. The van der Waals surface area contributed by atoms with Gasteiger partial charge in [0.2, 0.25) is 0 Å². The summed E-state index contributed by atoms with van der Waals surface area (Å²) in [6.07, 6.45) is 3.62. The van der Waals surface area contributed by atoms with Gasteiger partial charge in [0.15, 0.2) is 0 Å². The predicted molar refractivity (Wildman–Crippen MR) is 45.6 cm³/mol. The summed E-state index contributed by atoms with van der Waals surface area (Å²) in [5.74, 6) is 1.00. The molecule has 0 spiro atoms. The molecule has 0 aliphatic heterocycles. The molecule has 68 valence electrons. The standard InChI is InChI=1S/C5H13O4PS/c1-11-5-3-2-4-9-10(6,7)8/h2-5H2,1H3,(H2,6,7,8). The van der Waals surface area contributed by atoms with Crippen LogP contribution in [0, 0.1) is 0 Å². The van der Waals surface area contributed by atoms with Crippen LogP contribution in [-0.2, 0) is 9.09 Å². The van der Waals surface area contributed by atoms with Gasteiger partial charge in [0.05, 0.1) is 6.61 Å². The van der Waals surface area contributed by atoms with E-state index in [-0.39, 0.29) is 6.61 Å². The summed E-state index contributed by atoms with van der Waals surface area (Å²) < 4.78 is 14.4. The molecule has 0 aromatic carbocycles. The molecule has 6 heteroatoms. The summed E-state index contributed by atoms with van der Waals surface area (Å²) in [6.45, 7) is 0.144. The summed E-state index contributed by atoms with van der Waals surface area (Å²) >= 11 is 1.71. The van der Waals surface area contributed by atoms with Crippen LogP contribution < -0.4 is 0 Å². The first-order chi connectivity index (χ1) is 5.06. The summed E-state index contributed by atoms with van der Waals surface area (Å²) in [5, 5.41) is 0. The molecule has 4 nitrogen and oxygen atoms in total. The minimum Gasteiger partial charge on any atom is -0.303 e. The maximum absolute atomic E-state index is 10.1. The van der Waals surface area contributed by atoms with Crippen molar-refractivity contribution >= 4 is 19.6 Å². The maximum Gasteiger partial charge on any atom is 0.469 e. The molecule has 0 fully saturated rings. The highest BCUT2D eigenvalue weighted by molar-refractivity contribution is 7.98. The first-order valence-electron chi connectivity index (χ1n) is 3.25. The molecule has 0 aliphatic rings. The van der Waals surface area contributed by atoms with Gasteiger partial charge in [-0.25, -0.2) is 4.57 Å². The lowest BCUT2D eigenvalue weighted by atomic mass is 10.4. The Morgan fingerprint density at radius 2 is 2.09 bits per heavy atom. The van der Waals surface area contributed by atoms with Crippen molar-refractivity contribution in [1.29, 1.82) is 0 Å². The van der Waals surface area contributed by atoms with Crippen LogP contribution in [0.3, 0.4) is 0 Å². The van der Waals surface area contributed by atoms with Gasteiger partial charge in [-0.15, -0.1) is 0 Å². The van der Waals surface area contributed by atoms with Gasteiger partial charge in [0.25, 0.3) is 0 Å². The second kappa shape index (κ2) is 6.03. The average molecular weight is 200 g/mol. The summed E-state index contributed by atoms with van der Waals surface area (Å²) in [5.41, 5.74) is 0. The Kier molecular flexibility index (Phi) is 6.28. The highest BCUT2D eigenvalue weighted by atomic mass is 32.2. The number of hydrogen-bond acceptors (Lipinski definition) is 3. The van der Waals surface area contributed by atoms with Crippen molar-refractivity contribution in [1.82, 2.24) is 0 Å². The Labute approximate surface area is 70.6 Å². The van der Waals surface area contributed by atoms with E-state index in [1.54, 1.807) is 11.8 Å². The van der Waals surface area contributed by atoms with Crippen molar-refractivity contribution in [2.75, 3.05) is 18.6 Å². The first-order valence-corrected chi connectivity index (χ1v) is 6.17. The van der Waals surface area contributed by atoms with Crippen LogP contribution in [0.2, 0.25) is 0 Å². The molecule has 0 aromatic heterocycles. The van der Waals surface area contributed by atoms with E-state index in [1.165, 1.54) is 0 Å². The van der Waals surface area contributed by atoms with Crippen molar-refractivity contribution in [3.63, 3.8) is 0 Å². The smallest absolute Gasteiger partial charge is 0.303 e. The Hall–Kier alpha value is 0.460. The van der Waals surface area contributed by atoms with Gasteiger partial charge in [-0.3, -0.25) is 4.52 Å². The molecule has 0 bridgehead atoms. The van der Waals surface area contributed by atoms with E-state index in [9.17, 15) is 4.57 Å². The highest BCUT2D eigenvalue weighted by Gasteiger charge is 2.11. The van der Waals surface area contributed by atoms with Gasteiger partial charge >= 0.3 is 7.82 Å². The molecular formula is C5H13O4PS. The molecule has 0 heterocycles. The summed E-state index contributed by atoms with van der Waals surface area (Å²) in [4.78, 5) is 16.5. The zero-order chi connectivity index (χ0) is 8.74. The van der Waals surface area contributed by atoms with Gasteiger partial charge < -0.3 is 9.79 Å². The van der Waals surface area contributed by atoms with Gasteiger partial charge in [0.1, 0.15) is 0 Å². The van der Waals surface area contributed by atoms with E-state index in [4.69, 9.17) is 9.79 Å². The fraction of sp³-hybridized carbons (Fsp3) is 1.00. The van der Waals surface area contributed by atoms with E-state index in [1.807, 2.05) is 6.26 Å². The van der Waals surface area contributed by atoms with Gasteiger partial charge in [-0.1, -0.05) is 0 Å². The highest BCUT2D eigenvalue weighted by Crippen LogP contribution is 2.35. The fourth-order valence-corrected chi connectivity index (χ4v) is 1.39. The first kappa shape index (κ1) is 11.5. The van der Waals surface area contributed by atoms with Gasteiger partial charge in [-0.2, -0.15) is 11.8 Å².